The van der Waals surface area contributed by atoms with Gasteiger partial charge in [0.2, 0.25) is 15.8 Å². The molecule has 8 heteroatoms. The molecule has 2 atom stereocenters. The predicted octanol–water partition coefficient (Wildman–Crippen LogP) is 6.60. The minimum absolute atomic E-state index is 0.187. The van der Waals surface area contributed by atoms with Crippen LogP contribution in [0.3, 0.4) is 0 Å². The lowest BCUT2D eigenvalue weighted by Crippen LogP contribution is -2.43. The van der Waals surface area contributed by atoms with Gasteiger partial charge in [-0.2, -0.15) is 4.31 Å². The Bertz CT molecular complexity index is 1570. The predicted molar refractivity (Wildman–Crippen MR) is 153 cm³/mol. The highest BCUT2D eigenvalue weighted by Crippen LogP contribution is 2.53. The van der Waals surface area contributed by atoms with Crippen LogP contribution in [0.15, 0.2) is 89.8 Å². The van der Waals surface area contributed by atoms with E-state index in [4.69, 9.17) is 25.8 Å². The standard InChI is InChI=1S/C31H30ClNO5S/c1-20-10-16-24(17-11-20)39(34,35)33-19-26(21-8-6-5-7-9-21)28-25(29(33)22-12-14-23(32)15-13-22)18-27(36-2)30(37-3)31(28)38-4/h5-18,26,29H,19H2,1-4H3/t26-,29+/m1/s1. The molecule has 4 aromatic rings. The summed E-state index contributed by atoms with van der Waals surface area (Å²) in [6, 6.07) is 25.3. The van der Waals surface area contributed by atoms with Crippen molar-refractivity contribution >= 4 is 21.6 Å². The third-order valence-electron chi connectivity index (χ3n) is 7.21. The molecular weight excluding hydrogens is 534 g/mol. The van der Waals surface area contributed by atoms with Crippen LogP contribution in [-0.4, -0.2) is 40.6 Å². The summed E-state index contributed by atoms with van der Waals surface area (Å²) in [6.45, 7) is 2.12. The molecule has 0 amide bonds. The summed E-state index contributed by atoms with van der Waals surface area (Å²) in [4.78, 5) is 0.231. The molecule has 0 spiro atoms. The van der Waals surface area contributed by atoms with Crippen LogP contribution in [0.1, 0.15) is 39.8 Å². The van der Waals surface area contributed by atoms with Crippen molar-refractivity contribution in [1.82, 2.24) is 4.31 Å². The lowest BCUT2D eigenvalue weighted by atomic mass is 9.79. The van der Waals surface area contributed by atoms with Crippen LogP contribution in [0.2, 0.25) is 5.02 Å². The molecule has 1 aliphatic rings. The van der Waals surface area contributed by atoms with Crippen molar-refractivity contribution in [3.63, 3.8) is 0 Å². The number of rotatable bonds is 7. The second-order valence-electron chi connectivity index (χ2n) is 9.45. The molecule has 39 heavy (non-hydrogen) atoms. The first-order chi connectivity index (χ1) is 18.8. The van der Waals surface area contributed by atoms with E-state index in [9.17, 15) is 8.42 Å². The Balaban J connectivity index is 1.85. The average molecular weight is 564 g/mol. The van der Waals surface area contributed by atoms with Crippen molar-refractivity contribution in [3.05, 3.63) is 118 Å². The first-order valence-electron chi connectivity index (χ1n) is 12.5. The van der Waals surface area contributed by atoms with Crippen LogP contribution in [0.25, 0.3) is 0 Å². The molecule has 4 aromatic carbocycles. The van der Waals surface area contributed by atoms with Gasteiger partial charge < -0.3 is 14.2 Å². The van der Waals surface area contributed by atoms with E-state index >= 15 is 0 Å². The molecule has 0 saturated carbocycles. The summed E-state index contributed by atoms with van der Waals surface area (Å²) in [6.07, 6.45) is 0. The fourth-order valence-corrected chi connectivity index (χ4v) is 7.08. The fourth-order valence-electron chi connectivity index (χ4n) is 5.35. The van der Waals surface area contributed by atoms with Crippen LogP contribution in [0.4, 0.5) is 0 Å². The van der Waals surface area contributed by atoms with Crippen LogP contribution < -0.4 is 14.2 Å². The van der Waals surface area contributed by atoms with Gasteiger partial charge in [0.1, 0.15) is 0 Å². The number of hydrogen-bond donors (Lipinski definition) is 0. The summed E-state index contributed by atoms with van der Waals surface area (Å²) in [5.41, 5.74) is 4.33. The number of benzene rings is 4. The van der Waals surface area contributed by atoms with E-state index in [1.165, 1.54) is 0 Å². The van der Waals surface area contributed by atoms with Crippen molar-refractivity contribution in [2.45, 2.75) is 23.8 Å². The molecule has 0 bridgehead atoms. The number of ether oxygens (including phenoxy) is 3. The Labute approximate surface area is 234 Å². The van der Waals surface area contributed by atoms with E-state index in [0.717, 1.165) is 27.8 Å². The van der Waals surface area contributed by atoms with Crippen molar-refractivity contribution in [3.8, 4) is 17.2 Å². The third kappa shape index (κ3) is 4.86. The van der Waals surface area contributed by atoms with E-state index in [1.54, 1.807) is 49.9 Å². The van der Waals surface area contributed by atoms with Crippen LogP contribution >= 0.6 is 11.6 Å². The number of methoxy groups -OCH3 is 3. The van der Waals surface area contributed by atoms with Gasteiger partial charge in [-0.05, 0) is 53.9 Å². The molecule has 1 aliphatic heterocycles. The number of hydrogen-bond acceptors (Lipinski definition) is 5. The summed E-state index contributed by atoms with van der Waals surface area (Å²) in [5.74, 6) is 1.10. The van der Waals surface area contributed by atoms with Crippen LogP contribution in [-0.2, 0) is 10.0 Å². The normalized spacial score (nSPS) is 17.4. The quantitative estimate of drug-likeness (QED) is 0.253. The average Bonchev–Trinajstić information content (AvgIpc) is 2.96. The molecule has 0 aliphatic carbocycles. The second kappa shape index (κ2) is 10.9. The molecule has 0 fully saturated rings. The zero-order valence-corrected chi connectivity index (χ0v) is 23.8. The highest BCUT2D eigenvalue weighted by Gasteiger charge is 2.44. The van der Waals surface area contributed by atoms with Gasteiger partial charge >= 0.3 is 0 Å². The molecule has 0 unspecified atom stereocenters. The van der Waals surface area contributed by atoms with E-state index < -0.39 is 16.1 Å². The molecule has 6 nitrogen and oxygen atoms in total. The third-order valence-corrected chi connectivity index (χ3v) is 9.31. The van der Waals surface area contributed by atoms with Gasteiger partial charge in [-0.25, -0.2) is 8.42 Å². The minimum Gasteiger partial charge on any atom is -0.493 e. The largest absolute Gasteiger partial charge is 0.493 e. The monoisotopic (exact) mass is 563 g/mol. The van der Waals surface area contributed by atoms with E-state index in [2.05, 4.69) is 0 Å². The van der Waals surface area contributed by atoms with Crippen molar-refractivity contribution in [2.24, 2.45) is 0 Å². The summed E-state index contributed by atoms with van der Waals surface area (Å²) in [7, 11) is 0.775. The van der Waals surface area contributed by atoms with E-state index in [-0.39, 0.29) is 17.4 Å². The Morgan fingerprint density at radius 2 is 1.44 bits per heavy atom. The Morgan fingerprint density at radius 1 is 0.795 bits per heavy atom. The van der Waals surface area contributed by atoms with Crippen molar-refractivity contribution in [1.29, 1.82) is 0 Å². The summed E-state index contributed by atoms with van der Waals surface area (Å²) in [5, 5.41) is 0.565. The number of halogens is 1. The SMILES string of the molecule is COc1cc2c(c(OC)c1OC)[C@@H](c1ccccc1)CN(S(=O)(=O)c1ccc(C)cc1)[C@H]2c1ccc(Cl)cc1. The van der Waals surface area contributed by atoms with Gasteiger partial charge in [0.15, 0.2) is 11.5 Å². The Morgan fingerprint density at radius 3 is 2.03 bits per heavy atom. The lowest BCUT2D eigenvalue weighted by Gasteiger charge is -2.42. The molecule has 0 N–H and O–H groups in total. The van der Waals surface area contributed by atoms with E-state index in [0.29, 0.717) is 22.3 Å². The van der Waals surface area contributed by atoms with Crippen molar-refractivity contribution in [2.75, 3.05) is 27.9 Å². The zero-order chi connectivity index (χ0) is 27.7. The maximum Gasteiger partial charge on any atom is 0.243 e. The highest BCUT2D eigenvalue weighted by atomic mass is 35.5. The first kappa shape index (κ1) is 27.1. The molecule has 202 valence electrons. The number of nitrogens with zero attached hydrogens (tertiary/aromatic N) is 1. The van der Waals surface area contributed by atoms with Gasteiger partial charge in [-0.3, -0.25) is 0 Å². The maximum atomic E-state index is 14.4. The summed E-state index contributed by atoms with van der Waals surface area (Å²) < 4.78 is 47.7. The number of fused-ring (bicyclic) bond motifs is 1. The second-order valence-corrected chi connectivity index (χ2v) is 11.8. The van der Waals surface area contributed by atoms with Gasteiger partial charge in [0, 0.05) is 23.0 Å². The number of sulfonamides is 1. The molecular formula is C31H30ClNO5S. The van der Waals surface area contributed by atoms with Gasteiger partial charge in [0.05, 0.1) is 32.3 Å². The Hall–Kier alpha value is -3.52. The first-order valence-corrected chi connectivity index (χ1v) is 14.3. The fraction of sp³-hybridized carbons (Fsp3) is 0.226. The van der Waals surface area contributed by atoms with Gasteiger partial charge in [-0.1, -0.05) is 71.8 Å². The maximum absolute atomic E-state index is 14.4. The smallest absolute Gasteiger partial charge is 0.243 e. The topological polar surface area (TPSA) is 65.1 Å². The Kier molecular flexibility index (Phi) is 7.58. The summed E-state index contributed by atoms with van der Waals surface area (Å²) >= 11 is 6.24. The molecule has 0 saturated heterocycles. The lowest BCUT2D eigenvalue weighted by molar-refractivity contribution is 0.296. The molecule has 5 rings (SSSR count). The molecule has 1 heterocycles. The van der Waals surface area contributed by atoms with E-state index in [1.807, 2.05) is 67.6 Å². The van der Waals surface area contributed by atoms with Gasteiger partial charge in [0.25, 0.3) is 0 Å². The highest BCUT2D eigenvalue weighted by molar-refractivity contribution is 7.89. The number of aryl methyl sites for hydroxylation is 1. The molecule has 0 radical (unpaired) electrons. The molecule has 0 aromatic heterocycles. The van der Waals surface area contributed by atoms with Crippen molar-refractivity contribution < 1.29 is 22.6 Å². The van der Waals surface area contributed by atoms with Crippen LogP contribution in [0.5, 0.6) is 17.2 Å². The van der Waals surface area contributed by atoms with Crippen LogP contribution in [0, 0.1) is 6.92 Å². The zero-order valence-electron chi connectivity index (χ0n) is 22.2. The van der Waals surface area contributed by atoms with Gasteiger partial charge in [-0.15, -0.1) is 0 Å². The minimum atomic E-state index is -3.94.